The summed E-state index contributed by atoms with van der Waals surface area (Å²) in [5.41, 5.74) is 1.84. The largest absolute Gasteiger partial charge is 0.414 e. The molecule has 5 heteroatoms. The average molecular weight is 275 g/mol. The summed E-state index contributed by atoms with van der Waals surface area (Å²) in [5.74, 6) is 0. The summed E-state index contributed by atoms with van der Waals surface area (Å²) in [6, 6.07) is 7.43. The smallest absolute Gasteiger partial charge is 0.364 e. The first-order valence-electron chi connectivity index (χ1n) is 6.41. The summed E-state index contributed by atoms with van der Waals surface area (Å²) in [5, 5.41) is 3.19. The highest BCUT2D eigenvalue weighted by atomic mass is 19.4. The maximum absolute atomic E-state index is 12.4. The van der Waals surface area contributed by atoms with Crippen LogP contribution < -0.4 is 5.32 Å². The monoisotopic (exact) mass is 275 g/mol. The highest BCUT2D eigenvalue weighted by Crippen LogP contribution is 2.23. The van der Waals surface area contributed by atoms with Crippen molar-refractivity contribution in [3.05, 3.63) is 35.4 Å². The Bertz CT molecular complexity index is 379. The van der Waals surface area contributed by atoms with Gasteiger partial charge in [-0.1, -0.05) is 31.2 Å². The molecule has 0 saturated carbocycles. The van der Waals surface area contributed by atoms with Crippen molar-refractivity contribution in [3.63, 3.8) is 0 Å². The van der Waals surface area contributed by atoms with E-state index in [2.05, 4.69) is 5.32 Å². The number of likely N-dealkylation sites (N-methyl/N-ethyl adjacent to an activating group) is 1. The first-order valence-corrected chi connectivity index (χ1v) is 6.41. The van der Waals surface area contributed by atoms with Gasteiger partial charge in [0.2, 0.25) is 0 Å². The van der Waals surface area contributed by atoms with Crippen LogP contribution in [0.15, 0.2) is 24.3 Å². The van der Waals surface area contributed by atoms with Crippen molar-refractivity contribution in [3.8, 4) is 0 Å². The van der Waals surface area contributed by atoms with Crippen LogP contribution >= 0.6 is 0 Å². The van der Waals surface area contributed by atoms with E-state index >= 15 is 0 Å². The second-order valence-electron chi connectivity index (χ2n) is 4.37. The van der Waals surface area contributed by atoms with Gasteiger partial charge in [-0.25, -0.2) is 0 Å². The van der Waals surface area contributed by atoms with Gasteiger partial charge in [-0.2, -0.15) is 13.2 Å². The quantitative estimate of drug-likeness (QED) is 0.771. The number of hydrogen-bond acceptors (Lipinski definition) is 2. The molecule has 0 aromatic heterocycles. The lowest BCUT2D eigenvalue weighted by atomic mass is 10.1. The Morgan fingerprint density at radius 2 is 1.84 bits per heavy atom. The van der Waals surface area contributed by atoms with E-state index < -0.39 is 12.3 Å². The van der Waals surface area contributed by atoms with Crippen LogP contribution in [0.3, 0.4) is 0 Å². The summed E-state index contributed by atoms with van der Waals surface area (Å²) in [4.78, 5) is 0. The third kappa shape index (κ3) is 5.61. The minimum Gasteiger partial charge on any atom is -0.364 e. The van der Waals surface area contributed by atoms with Crippen molar-refractivity contribution in [2.75, 3.05) is 13.1 Å². The zero-order valence-electron chi connectivity index (χ0n) is 11.3. The van der Waals surface area contributed by atoms with Crippen LogP contribution in [0.25, 0.3) is 0 Å². The summed E-state index contributed by atoms with van der Waals surface area (Å²) in [6.45, 7) is 4.72. The fourth-order valence-corrected chi connectivity index (χ4v) is 1.65. The van der Waals surface area contributed by atoms with Crippen molar-refractivity contribution in [2.24, 2.45) is 0 Å². The molecule has 1 aromatic carbocycles. The third-order valence-corrected chi connectivity index (χ3v) is 2.89. The van der Waals surface area contributed by atoms with Gasteiger partial charge in [0.05, 0.1) is 6.61 Å². The van der Waals surface area contributed by atoms with Crippen LogP contribution in [-0.2, 0) is 17.8 Å². The molecule has 0 aliphatic rings. The Balaban J connectivity index is 2.57. The minimum absolute atomic E-state index is 0.0109. The lowest BCUT2D eigenvalue weighted by Gasteiger charge is -2.17. The van der Waals surface area contributed by atoms with E-state index in [0.717, 1.165) is 37.6 Å². The zero-order valence-corrected chi connectivity index (χ0v) is 11.3. The van der Waals surface area contributed by atoms with E-state index in [1.807, 2.05) is 31.2 Å². The van der Waals surface area contributed by atoms with Gasteiger partial charge in [0.25, 0.3) is 0 Å². The predicted octanol–water partition coefficient (Wildman–Crippen LogP) is 3.31. The topological polar surface area (TPSA) is 21.3 Å². The van der Waals surface area contributed by atoms with E-state index in [4.69, 9.17) is 4.74 Å². The molecular formula is C14H20F3NO. The minimum atomic E-state index is -4.31. The summed E-state index contributed by atoms with van der Waals surface area (Å²) in [7, 11) is 0. The molecule has 0 amide bonds. The molecule has 2 nitrogen and oxygen atoms in total. The van der Waals surface area contributed by atoms with Crippen LogP contribution in [0.4, 0.5) is 13.2 Å². The molecule has 19 heavy (non-hydrogen) atoms. The number of halogens is 3. The highest BCUT2D eigenvalue weighted by Gasteiger charge is 2.36. The van der Waals surface area contributed by atoms with Crippen LogP contribution in [0.5, 0.6) is 0 Å². The molecule has 1 unspecified atom stereocenters. The first-order chi connectivity index (χ1) is 8.95. The predicted molar refractivity (Wildman–Crippen MR) is 69.0 cm³/mol. The maximum atomic E-state index is 12.4. The lowest BCUT2D eigenvalue weighted by molar-refractivity contribution is -0.217. The second kappa shape index (κ2) is 7.50. The van der Waals surface area contributed by atoms with Crippen molar-refractivity contribution in [1.82, 2.24) is 5.32 Å². The molecule has 1 aromatic rings. The molecule has 0 radical (unpaired) electrons. The molecule has 0 heterocycles. The van der Waals surface area contributed by atoms with Crippen LogP contribution in [0.2, 0.25) is 0 Å². The Kier molecular flexibility index (Phi) is 6.31. The van der Waals surface area contributed by atoms with Gasteiger partial charge >= 0.3 is 6.18 Å². The Labute approximate surface area is 112 Å². The Hall–Kier alpha value is -1.07. The summed E-state index contributed by atoms with van der Waals surface area (Å²) >= 11 is 0. The number of alkyl halides is 3. The molecular weight excluding hydrogens is 255 g/mol. The summed E-state index contributed by atoms with van der Waals surface area (Å²) in [6.07, 6.45) is -5.26. The van der Waals surface area contributed by atoms with E-state index in [1.165, 1.54) is 0 Å². The van der Waals surface area contributed by atoms with Crippen molar-refractivity contribution in [2.45, 2.75) is 39.2 Å². The number of benzene rings is 1. The standard InChI is InChI=1S/C14H20F3NO/c1-3-18-9-8-12-6-4-5-7-13(12)10-19-11(2)14(15,16)17/h4-7,11,18H,3,8-10H2,1-2H3. The van der Waals surface area contributed by atoms with Gasteiger partial charge in [-0.15, -0.1) is 0 Å². The summed E-state index contributed by atoms with van der Waals surface area (Å²) < 4.78 is 42.0. The van der Waals surface area contributed by atoms with Crippen molar-refractivity contribution < 1.29 is 17.9 Å². The fourth-order valence-electron chi connectivity index (χ4n) is 1.65. The van der Waals surface area contributed by atoms with Gasteiger partial charge in [-0.05, 0) is 37.6 Å². The molecule has 1 rings (SSSR count). The highest BCUT2D eigenvalue weighted by molar-refractivity contribution is 5.26. The van der Waals surface area contributed by atoms with Crippen LogP contribution in [0.1, 0.15) is 25.0 Å². The van der Waals surface area contributed by atoms with Crippen molar-refractivity contribution in [1.29, 1.82) is 0 Å². The fraction of sp³-hybridized carbons (Fsp3) is 0.571. The molecule has 0 bridgehead atoms. The third-order valence-electron chi connectivity index (χ3n) is 2.89. The molecule has 1 atom stereocenters. The Morgan fingerprint density at radius 1 is 1.21 bits per heavy atom. The molecule has 0 fully saturated rings. The van der Waals surface area contributed by atoms with Crippen molar-refractivity contribution >= 4 is 0 Å². The zero-order chi connectivity index (χ0) is 14.3. The molecule has 0 spiro atoms. The second-order valence-corrected chi connectivity index (χ2v) is 4.37. The molecule has 0 saturated heterocycles. The van der Waals surface area contributed by atoms with Crippen LogP contribution in [-0.4, -0.2) is 25.4 Å². The van der Waals surface area contributed by atoms with Crippen LogP contribution in [0, 0.1) is 0 Å². The van der Waals surface area contributed by atoms with Gasteiger partial charge in [0.15, 0.2) is 6.10 Å². The maximum Gasteiger partial charge on any atom is 0.414 e. The molecule has 0 aliphatic heterocycles. The van der Waals surface area contributed by atoms with E-state index in [0.29, 0.717) is 0 Å². The number of ether oxygens (including phenoxy) is 1. The van der Waals surface area contributed by atoms with E-state index in [1.54, 1.807) is 0 Å². The number of nitrogens with one attached hydrogen (secondary N) is 1. The van der Waals surface area contributed by atoms with E-state index in [-0.39, 0.29) is 6.61 Å². The van der Waals surface area contributed by atoms with Gasteiger partial charge in [0.1, 0.15) is 0 Å². The Morgan fingerprint density at radius 3 is 2.42 bits per heavy atom. The van der Waals surface area contributed by atoms with Gasteiger partial charge in [-0.3, -0.25) is 0 Å². The number of rotatable bonds is 7. The average Bonchev–Trinajstić information content (AvgIpc) is 2.36. The SMILES string of the molecule is CCNCCc1ccccc1COC(C)C(F)(F)F. The molecule has 0 aliphatic carbocycles. The molecule has 108 valence electrons. The number of hydrogen-bond donors (Lipinski definition) is 1. The molecule has 1 N–H and O–H groups in total. The van der Waals surface area contributed by atoms with Gasteiger partial charge in [0, 0.05) is 0 Å². The lowest BCUT2D eigenvalue weighted by Crippen LogP contribution is -2.28. The van der Waals surface area contributed by atoms with E-state index in [9.17, 15) is 13.2 Å². The first kappa shape index (κ1) is 16.0. The van der Waals surface area contributed by atoms with Gasteiger partial charge < -0.3 is 10.1 Å². The normalized spacial score (nSPS) is 13.5.